The number of hydrogen-bond acceptors (Lipinski definition) is 5. The number of halogens is 1. The van der Waals surface area contributed by atoms with E-state index in [4.69, 9.17) is 10.5 Å². The molecule has 0 aromatic heterocycles. The first-order chi connectivity index (χ1) is 8.63. The van der Waals surface area contributed by atoms with Crippen LogP contribution in [0.15, 0.2) is 18.2 Å². The fourth-order valence-corrected chi connectivity index (χ4v) is 2.02. The largest absolute Gasteiger partial charge is 0.373 e. The zero-order chi connectivity index (χ0) is 13.1. The van der Waals surface area contributed by atoms with Gasteiger partial charge < -0.3 is 15.4 Å². The van der Waals surface area contributed by atoms with Crippen LogP contribution in [0.3, 0.4) is 0 Å². The first-order valence-corrected chi connectivity index (χ1v) is 5.63. The van der Waals surface area contributed by atoms with E-state index in [1.54, 1.807) is 11.0 Å². The van der Waals surface area contributed by atoms with Crippen LogP contribution in [0.1, 0.15) is 0 Å². The Labute approximate surface area is 103 Å². The van der Waals surface area contributed by atoms with Crippen LogP contribution in [-0.4, -0.2) is 37.3 Å². The molecule has 18 heavy (non-hydrogen) atoms. The molecule has 1 heterocycles. The van der Waals surface area contributed by atoms with Crippen molar-refractivity contribution in [1.82, 2.24) is 0 Å². The molecule has 0 saturated carbocycles. The molecular weight excluding hydrogens is 241 g/mol. The molecule has 2 N–H and O–H groups in total. The Morgan fingerprint density at radius 3 is 3.06 bits per heavy atom. The van der Waals surface area contributed by atoms with Crippen LogP contribution < -0.4 is 10.6 Å². The van der Waals surface area contributed by atoms with Gasteiger partial charge in [-0.2, -0.15) is 4.39 Å². The zero-order valence-electron chi connectivity index (χ0n) is 9.71. The molecule has 7 heteroatoms. The highest BCUT2D eigenvalue weighted by molar-refractivity contribution is 5.64. The third-order valence-corrected chi connectivity index (χ3v) is 2.89. The molecule has 2 rings (SSSR count). The Balaban J connectivity index is 2.32. The molecular formula is C11H14FN3O3. The molecule has 6 nitrogen and oxygen atoms in total. The molecule has 0 radical (unpaired) electrons. The van der Waals surface area contributed by atoms with E-state index in [-0.39, 0.29) is 11.8 Å². The van der Waals surface area contributed by atoms with Crippen molar-refractivity contribution in [3.05, 3.63) is 34.1 Å². The summed E-state index contributed by atoms with van der Waals surface area (Å²) in [6.45, 7) is 1.68. The van der Waals surface area contributed by atoms with Crippen LogP contribution in [0.5, 0.6) is 0 Å². The average molecular weight is 255 g/mol. The Morgan fingerprint density at radius 1 is 1.61 bits per heavy atom. The second-order valence-electron chi connectivity index (χ2n) is 4.04. The third kappa shape index (κ3) is 2.41. The van der Waals surface area contributed by atoms with Crippen LogP contribution in [0, 0.1) is 15.9 Å². The number of morpholine rings is 1. The minimum atomic E-state index is -0.826. The Kier molecular flexibility index (Phi) is 3.73. The summed E-state index contributed by atoms with van der Waals surface area (Å²) in [5.74, 6) is -0.826. The van der Waals surface area contributed by atoms with E-state index < -0.39 is 16.4 Å². The molecule has 1 saturated heterocycles. The number of benzene rings is 1. The molecule has 1 aromatic rings. The second-order valence-corrected chi connectivity index (χ2v) is 4.04. The van der Waals surface area contributed by atoms with Gasteiger partial charge >= 0.3 is 5.69 Å². The summed E-state index contributed by atoms with van der Waals surface area (Å²) in [4.78, 5) is 12.0. The lowest BCUT2D eigenvalue weighted by Crippen LogP contribution is -2.45. The van der Waals surface area contributed by atoms with E-state index in [2.05, 4.69) is 0 Å². The van der Waals surface area contributed by atoms with Crippen molar-refractivity contribution in [2.75, 3.05) is 31.1 Å². The number of para-hydroxylation sites is 1. The maximum atomic E-state index is 13.5. The molecule has 0 aliphatic carbocycles. The van der Waals surface area contributed by atoms with Gasteiger partial charge in [-0.05, 0) is 12.1 Å². The van der Waals surface area contributed by atoms with E-state index in [1.807, 2.05) is 0 Å². The monoisotopic (exact) mass is 255 g/mol. The number of nitrogens with zero attached hydrogens (tertiary/aromatic N) is 2. The summed E-state index contributed by atoms with van der Waals surface area (Å²) < 4.78 is 18.9. The van der Waals surface area contributed by atoms with Gasteiger partial charge in [0.15, 0.2) is 0 Å². The number of nitro groups is 1. The van der Waals surface area contributed by atoms with Crippen molar-refractivity contribution in [1.29, 1.82) is 0 Å². The molecule has 1 aliphatic rings. The molecule has 0 spiro atoms. The summed E-state index contributed by atoms with van der Waals surface area (Å²) in [6.07, 6.45) is -0.179. The first-order valence-electron chi connectivity index (χ1n) is 5.63. The van der Waals surface area contributed by atoms with E-state index in [0.717, 1.165) is 6.07 Å². The van der Waals surface area contributed by atoms with Gasteiger partial charge in [0.05, 0.1) is 17.6 Å². The molecule has 0 amide bonds. The summed E-state index contributed by atoms with van der Waals surface area (Å²) in [5, 5.41) is 10.9. The number of nitro benzene ring substituents is 1. The maximum absolute atomic E-state index is 13.5. The first kappa shape index (κ1) is 12.7. The summed E-state index contributed by atoms with van der Waals surface area (Å²) >= 11 is 0. The minimum absolute atomic E-state index is 0.179. The van der Waals surface area contributed by atoms with Crippen LogP contribution >= 0.6 is 0 Å². The Bertz CT molecular complexity index is 455. The molecule has 1 fully saturated rings. The number of anilines is 1. The van der Waals surface area contributed by atoms with Crippen molar-refractivity contribution in [3.8, 4) is 0 Å². The standard InChI is InChI=1S/C11H14FN3O3/c12-9-2-1-3-10(11(9)15(16)17)14-4-5-18-8(6-13)7-14/h1-3,8H,4-7,13H2. The van der Waals surface area contributed by atoms with Crippen molar-refractivity contribution in [3.63, 3.8) is 0 Å². The second kappa shape index (κ2) is 5.28. The van der Waals surface area contributed by atoms with Crippen LogP contribution in [0.4, 0.5) is 15.8 Å². The fourth-order valence-electron chi connectivity index (χ4n) is 2.02. The van der Waals surface area contributed by atoms with Crippen molar-refractivity contribution < 1.29 is 14.1 Å². The van der Waals surface area contributed by atoms with E-state index in [1.165, 1.54) is 6.07 Å². The number of hydrogen-bond donors (Lipinski definition) is 1. The molecule has 98 valence electrons. The molecule has 1 unspecified atom stereocenters. The minimum Gasteiger partial charge on any atom is -0.373 e. The van der Waals surface area contributed by atoms with Gasteiger partial charge in [0, 0.05) is 19.6 Å². The van der Waals surface area contributed by atoms with Crippen molar-refractivity contribution in [2.24, 2.45) is 5.73 Å². The lowest BCUT2D eigenvalue weighted by Gasteiger charge is -2.33. The van der Waals surface area contributed by atoms with Crippen molar-refractivity contribution >= 4 is 11.4 Å². The maximum Gasteiger partial charge on any atom is 0.327 e. The quantitative estimate of drug-likeness (QED) is 0.641. The number of ether oxygens (including phenoxy) is 1. The molecule has 1 atom stereocenters. The normalized spacial score (nSPS) is 19.9. The third-order valence-electron chi connectivity index (χ3n) is 2.89. The van der Waals surface area contributed by atoms with Crippen molar-refractivity contribution in [2.45, 2.75) is 6.10 Å². The van der Waals surface area contributed by atoms with Gasteiger partial charge in [-0.25, -0.2) is 0 Å². The lowest BCUT2D eigenvalue weighted by atomic mass is 10.2. The highest BCUT2D eigenvalue weighted by Gasteiger charge is 2.27. The average Bonchev–Trinajstić information content (AvgIpc) is 2.38. The predicted molar refractivity (Wildman–Crippen MR) is 64.1 cm³/mol. The van der Waals surface area contributed by atoms with Gasteiger partial charge in [0.25, 0.3) is 0 Å². The Hall–Kier alpha value is -1.73. The Morgan fingerprint density at radius 2 is 2.39 bits per heavy atom. The van der Waals surface area contributed by atoms with Gasteiger partial charge in [0.2, 0.25) is 5.82 Å². The van der Waals surface area contributed by atoms with Crippen LogP contribution in [0.2, 0.25) is 0 Å². The van der Waals surface area contributed by atoms with Gasteiger partial charge in [-0.3, -0.25) is 10.1 Å². The fraction of sp³-hybridized carbons (Fsp3) is 0.455. The highest BCUT2D eigenvalue weighted by atomic mass is 19.1. The predicted octanol–water partition coefficient (Wildman–Crippen LogP) is 0.898. The van der Waals surface area contributed by atoms with Gasteiger partial charge in [-0.15, -0.1) is 0 Å². The SMILES string of the molecule is NCC1CN(c2cccc(F)c2[N+](=O)[O-])CCO1. The molecule has 0 bridgehead atoms. The van der Waals surface area contributed by atoms with E-state index in [9.17, 15) is 14.5 Å². The van der Waals surface area contributed by atoms with Crippen LogP contribution in [-0.2, 0) is 4.74 Å². The summed E-state index contributed by atoms with van der Waals surface area (Å²) in [7, 11) is 0. The number of rotatable bonds is 3. The zero-order valence-corrected chi connectivity index (χ0v) is 9.71. The number of nitrogens with two attached hydrogens (primary N) is 1. The van der Waals surface area contributed by atoms with Gasteiger partial charge in [0.1, 0.15) is 5.69 Å². The molecule has 1 aromatic carbocycles. The highest BCUT2D eigenvalue weighted by Crippen LogP contribution is 2.31. The topological polar surface area (TPSA) is 81.6 Å². The van der Waals surface area contributed by atoms with E-state index >= 15 is 0 Å². The lowest BCUT2D eigenvalue weighted by molar-refractivity contribution is -0.386. The van der Waals surface area contributed by atoms with Gasteiger partial charge in [-0.1, -0.05) is 6.07 Å². The van der Waals surface area contributed by atoms with E-state index in [0.29, 0.717) is 26.2 Å². The smallest absolute Gasteiger partial charge is 0.327 e. The molecule has 1 aliphatic heterocycles. The summed E-state index contributed by atoms with van der Waals surface area (Å²) in [5.41, 5.74) is 5.30. The summed E-state index contributed by atoms with van der Waals surface area (Å²) in [6, 6.07) is 4.09. The van der Waals surface area contributed by atoms with Crippen LogP contribution in [0.25, 0.3) is 0 Å².